The fourth-order valence-corrected chi connectivity index (χ4v) is 2.25. The molecule has 0 spiro atoms. The van der Waals surface area contributed by atoms with Crippen LogP contribution in [0.25, 0.3) is 0 Å². The fraction of sp³-hybridized carbons (Fsp3) is 0.105. The van der Waals surface area contributed by atoms with Crippen molar-refractivity contribution >= 4 is 5.69 Å². The van der Waals surface area contributed by atoms with Gasteiger partial charge in [0, 0.05) is 18.3 Å². The zero-order chi connectivity index (χ0) is 15.9. The summed E-state index contributed by atoms with van der Waals surface area (Å²) < 4.78 is 11.2. The first-order valence-electron chi connectivity index (χ1n) is 7.40. The van der Waals surface area contributed by atoms with Gasteiger partial charge < -0.3 is 14.8 Å². The van der Waals surface area contributed by atoms with Crippen molar-refractivity contribution in [2.75, 3.05) is 12.4 Å². The van der Waals surface area contributed by atoms with Crippen LogP contribution in [0.5, 0.6) is 17.4 Å². The van der Waals surface area contributed by atoms with Crippen LogP contribution in [0.1, 0.15) is 5.56 Å². The van der Waals surface area contributed by atoms with Crippen LogP contribution in [-0.2, 0) is 6.54 Å². The highest BCUT2D eigenvalue weighted by molar-refractivity contribution is 5.54. The van der Waals surface area contributed by atoms with Crippen molar-refractivity contribution in [1.29, 1.82) is 0 Å². The molecule has 4 nitrogen and oxygen atoms in total. The molecule has 0 aliphatic carbocycles. The third-order valence-corrected chi connectivity index (χ3v) is 3.39. The molecule has 0 fully saturated rings. The van der Waals surface area contributed by atoms with E-state index in [9.17, 15) is 0 Å². The van der Waals surface area contributed by atoms with Crippen LogP contribution in [-0.4, -0.2) is 12.1 Å². The lowest BCUT2D eigenvalue weighted by Gasteiger charge is -2.13. The molecule has 0 aliphatic heterocycles. The summed E-state index contributed by atoms with van der Waals surface area (Å²) in [6.07, 6.45) is 1.71. The van der Waals surface area contributed by atoms with E-state index in [4.69, 9.17) is 9.47 Å². The number of aromatic nitrogens is 1. The van der Waals surface area contributed by atoms with Gasteiger partial charge in [-0.1, -0.05) is 36.4 Å². The zero-order valence-corrected chi connectivity index (χ0v) is 12.9. The van der Waals surface area contributed by atoms with Gasteiger partial charge in [0.1, 0.15) is 11.5 Å². The van der Waals surface area contributed by atoms with Gasteiger partial charge in [0.25, 0.3) is 0 Å². The van der Waals surface area contributed by atoms with E-state index in [0.29, 0.717) is 12.4 Å². The van der Waals surface area contributed by atoms with Crippen LogP contribution in [0.2, 0.25) is 0 Å². The van der Waals surface area contributed by atoms with Gasteiger partial charge in [0.15, 0.2) is 0 Å². The van der Waals surface area contributed by atoms with Crippen molar-refractivity contribution in [3.8, 4) is 17.4 Å². The number of benzene rings is 2. The van der Waals surface area contributed by atoms with E-state index < -0.39 is 0 Å². The first-order chi connectivity index (χ1) is 11.4. The van der Waals surface area contributed by atoms with Gasteiger partial charge in [-0.3, -0.25) is 0 Å². The molecule has 0 saturated carbocycles. The van der Waals surface area contributed by atoms with Gasteiger partial charge in [-0.05, 0) is 30.3 Å². The second kappa shape index (κ2) is 7.31. The number of para-hydroxylation sites is 2. The van der Waals surface area contributed by atoms with Crippen molar-refractivity contribution < 1.29 is 9.47 Å². The summed E-state index contributed by atoms with van der Waals surface area (Å²) in [6, 6.07) is 21.4. The predicted molar refractivity (Wildman–Crippen MR) is 91.1 cm³/mol. The molecule has 2 aromatic carbocycles. The number of ether oxygens (including phenoxy) is 2. The van der Waals surface area contributed by atoms with E-state index in [0.717, 1.165) is 22.7 Å². The molecule has 3 aromatic rings. The minimum Gasteiger partial charge on any atom is -0.496 e. The molecule has 1 heterocycles. The van der Waals surface area contributed by atoms with E-state index in [1.54, 1.807) is 13.3 Å². The molecule has 4 heteroatoms. The average Bonchev–Trinajstić information content (AvgIpc) is 2.62. The summed E-state index contributed by atoms with van der Waals surface area (Å²) in [5.41, 5.74) is 1.91. The summed E-state index contributed by atoms with van der Waals surface area (Å²) in [5.74, 6) is 2.16. The highest BCUT2D eigenvalue weighted by Crippen LogP contribution is 2.27. The number of methoxy groups -OCH3 is 1. The Bertz CT molecular complexity index is 760. The van der Waals surface area contributed by atoms with Crippen molar-refractivity contribution in [3.05, 3.63) is 78.5 Å². The number of pyridine rings is 1. The highest BCUT2D eigenvalue weighted by atomic mass is 16.5. The van der Waals surface area contributed by atoms with E-state index in [1.807, 2.05) is 66.7 Å². The summed E-state index contributed by atoms with van der Waals surface area (Å²) in [5, 5.41) is 3.36. The Kier molecular flexibility index (Phi) is 4.74. The molecular formula is C19H18N2O2. The lowest BCUT2D eigenvalue weighted by atomic mass is 10.2. The Morgan fingerprint density at radius 3 is 2.52 bits per heavy atom. The van der Waals surface area contributed by atoms with Gasteiger partial charge in [-0.15, -0.1) is 0 Å². The van der Waals surface area contributed by atoms with E-state index >= 15 is 0 Å². The lowest BCUT2D eigenvalue weighted by Crippen LogP contribution is -2.03. The monoisotopic (exact) mass is 306 g/mol. The van der Waals surface area contributed by atoms with Gasteiger partial charge in [-0.2, -0.15) is 0 Å². The molecule has 116 valence electrons. The van der Waals surface area contributed by atoms with Crippen LogP contribution in [0, 0.1) is 0 Å². The van der Waals surface area contributed by atoms with Crippen LogP contribution < -0.4 is 14.8 Å². The van der Waals surface area contributed by atoms with Crippen LogP contribution in [0.3, 0.4) is 0 Å². The van der Waals surface area contributed by atoms with Gasteiger partial charge in [0.2, 0.25) is 5.88 Å². The normalized spacial score (nSPS) is 10.1. The maximum atomic E-state index is 5.85. The van der Waals surface area contributed by atoms with Gasteiger partial charge in [-0.25, -0.2) is 4.98 Å². The Morgan fingerprint density at radius 2 is 1.70 bits per heavy atom. The molecule has 0 radical (unpaired) electrons. The molecule has 0 bridgehead atoms. The molecule has 0 unspecified atom stereocenters. The lowest BCUT2D eigenvalue weighted by molar-refractivity contribution is 0.410. The van der Waals surface area contributed by atoms with Crippen molar-refractivity contribution in [2.24, 2.45) is 0 Å². The summed E-state index contributed by atoms with van der Waals surface area (Å²) in [6.45, 7) is 0.626. The number of rotatable bonds is 6. The maximum Gasteiger partial charge on any atom is 0.242 e. The first-order valence-corrected chi connectivity index (χ1v) is 7.40. The average molecular weight is 306 g/mol. The molecule has 0 saturated heterocycles. The third kappa shape index (κ3) is 3.80. The van der Waals surface area contributed by atoms with Crippen molar-refractivity contribution in [2.45, 2.75) is 6.54 Å². The van der Waals surface area contributed by atoms with E-state index in [1.165, 1.54) is 0 Å². The SMILES string of the molecule is COc1ccccc1CNc1cccnc1Oc1ccccc1. The van der Waals surface area contributed by atoms with E-state index in [2.05, 4.69) is 10.3 Å². The highest BCUT2D eigenvalue weighted by Gasteiger charge is 2.07. The second-order valence-electron chi connectivity index (χ2n) is 4.94. The molecule has 0 amide bonds. The molecule has 1 aromatic heterocycles. The number of hydrogen-bond donors (Lipinski definition) is 1. The minimum atomic E-state index is 0.550. The summed E-state index contributed by atoms with van der Waals surface area (Å²) in [4.78, 5) is 4.31. The zero-order valence-electron chi connectivity index (χ0n) is 12.9. The Balaban J connectivity index is 1.76. The van der Waals surface area contributed by atoms with Crippen molar-refractivity contribution in [1.82, 2.24) is 4.98 Å². The topological polar surface area (TPSA) is 43.4 Å². The van der Waals surface area contributed by atoms with Gasteiger partial charge >= 0.3 is 0 Å². The predicted octanol–water partition coefficient (Wildman–Crippen LogP) is 4.49. The maximum absolute atomic E-state index is 5.85. The van der Waals surface area contributed by atoms with Crippen molar-refractivity contribution in [3.63, 3.8) is 0 Å². The fourth-order valence-electron chi connectivity index (χ4n) is 2.25. The van der Waals surface area contributed by atoms with E-state index in [-0.39, 0.29) is 0 Å². The Morgan fingerprint density at radius 1 is 0.913 bits per heavy atom. The quantitative estimate of drug-likeness (QED) is 0.728. The summed E-state index contributed by atoms with van der Waals surface area (Å²) in [7, 11) is 1.67. The van der Waals surface area contributed by atoms with Crippen LogP contribution in [0.15, 0.2) is 72.9 Å². The third-order valence-electron chi connectivity index (χ3n) is 3.39. The smallest absolute Gasteiger partial charge is 0.242 e. The first kappa shape index (κ1) is 14.9. The van der Waals surface area contributed by atoms with Gasteiger partial charge in [0.05, 0.1) is 12.8 Å². The molecule has 0 aliphatic rings. The Hall–Kier alpha value is -3.01. The number of hydrogen-bond acceptors (Lipinski definition) is 4. The molecule has 23 heavy (non-hydrogen) atoms. The molecule has 1 N–H and O–H groups in total. The summed E-state index contributed by atoms with van der Waals surface area (Å²) >= 11 is 0. The molecule has 0 atom stereocenters. The van der Waals surface area contributed by atoms with Crippen LogP contribution in [0.4, 0.5) is 5.69 Å². The largest absolute Gasteiger partial charge is 0.496 e. The molecular weight excluding hydrogens is 288 g/mol. The Labute approximate surface area is 135 Å². The number of anilines is 1. The van der Waals surface area contributed by atoms with Crippen LogP contribution >= 0.6 is 0 Å². The minimum absolute atomic E-state index is 0.550. The number of nitrogens with zero attached hydrogens (tertiary/aromatic N) is 1. The standard InChI is InChI=1S/C19H18N2O2/c1-22-18-12-6-5-8-15(18)14-21-17-11-7-13-20-19(17)23-16-9-3-2-4-10-16/h2-13,21H,14H2,1H3. The molecule has 3 rings (SSSR count). The second-order valence-corrected chi connectivity index (χ2v) is 4.94. The number of nitrogens with one attached hydrogen (secondary N) is 1.